The molecule has 0 aliphatic heterocycles. The van der Waals surface area contributed by atoms with Gasteiger partial charge in [-0.05, 0) is 57.7 Å². The monoisotopic (exact) mass is 422 g/mol. The fraction of sp³-hybridized carbons (Fsp3) is 0.462. The molecule has 1 N–H and O–H groups in total. The molecular formula is C26H34N2O3. The van der Waals surface area contributed by atoms with Crippen molar-refractivity contribution in [1.29, 1.82) is 0 Å². The van der Waals surface area contributed by atoms with Gasteiger partial charge in [0, 0.05) is 12.6 Å². The summed E-state index contributed by atoms with van der Waals surface area (Å²) in [6.07, 6.45) is 4.32. The van der Waals surface area contributed by atoms with Crippen molar-refractivity contribution in [2.75, 3.05) is 6.61 Å². The second-order valence-electron chi connectivity index (χ2n) is 8.73. The molecule has 1 fully saturated rings. The third-order valence-electron chi connectivity index (χ3n) is 6.02. The smallest absolute Gasteiger partial charge is 0.261 e. The maximum atomic E-state index is 13.2. The van der Waals surface area contributed by atoms with E-state index in [0.717, 1.165) is 47.9 Å². The third kappa shape index (κ3) is 6.33. The van der Waals surface area contributed by atoms with Gasteiger partial charge in [0.1, 0.15) is 11.8 Å². The molecule has 1 saturated carbocycles. The van der Waals surface area contributed by atoms with Gasteiger partial charge in [-0.2, -0.15) is 0 Å². The normalized spacial score (nSPS) is 14.8. The Morgan fingerprint density at radius 2 is 1.68 bits per heavy atom. The molecule has 1 aliphatic carbocycles. The summed E-state index contributed by atoms with van der Waals surface area (Å²) in [5.74, 6) is 0.394. The number of hydrogen-bond acceptors (Lipinski definition) is 3. The van der Waals surface area contributed by atoms with Crippen LogP contribution in [-0.2, 0) is 16.1 Å². The quantitative estimate of drug-likeness (QED) is 0.683. The molecule has 0 spiro atoms. The molecule has 166 valence electrons. The summed E-state index contributed by atoms with van der Waals surface area (Å²) < 4.78 is 5.83. The van der Waals surface area contributed by atoms with Crippen molar-refractivity contribution >= 4 is 11.8 Å². The van der Waals surface area contributed by atoms with E-state index in [1.165, 1.54) is 0 Å². The first kappa shape index (κ1) is 22.9. The van der Waals surface area contributed by atoms with Crippen molar-refractivity contribution < 1.29 is 14.3 Å². The molecule has 0 radical (unpaired) electrons. The number of nitrogens with one attached hydrogen (secondary N) is 1. The van der Waals surface area contributed by atoms with Gasteiger partial charge >= 0.3 is 0 Å². The highest BCUT2D eigenvalue weighted by Gasteiger charge is 2.28. The van der Waals surface area contributed by atoms with E-state index in [-0.39, 0.29) is 24.5 Å². The minimum atomic E-state index is -0.572. The molecule has 2 aromatic carbocycles. The molecule has 1 unspecified atom stereocenters. The summed E-state index contributed by atoms with van der Waals surface area (Å²) >= 11 is 0. The van der Waals surface area contributed by atoms with Crippen LogP contribution in [0.3, 0.4) is 0 Å². The number of carbonyl (C=O) groups excluding carboxylic acids is 2. The Hall–Kier alpha value is -2.82. The lowest BCUT2D eigenvalue weighted by Gasteiger charge is -2.29. The van der Waals surface area contributed by atoms with Gasteiger partial charge < -0.3 is 15.0 Å². The highest BCUT2D eigenvalue weighted by atomic mass is 16.5. The number of amides is 2. The molecule has 0 saturated heterocycles. The topological polar surface area (TPSA) is 58.6 Å². The molecule has 3 rings (SSSR count). The van der Waals surface area contributed by atoms with E-state index in [9.17, 15) is 9.59 Å². The predicted molar refractivity (Wildman–Crippen MR) is 123 cm³/mol. The Morgan fingerprint density at radius 1 is 1.03 bits per heavy atom. The third-order valence-corrected chi connectivity index (χ3v) is 6.02. The maximum Gasteiger partial charge on any atom is 0.261 e. The van der Waals surface area contributed by atoms with Crippen molar-refractivity contribution in [2.45, 2.75) is 72.0 Å². The Labute approximate surface area is 185 Å². The summed E-state index contributed by atoms with van der Waals surface area (Å²) in [4.78, 5) is 27.7. The van der Waals surface area contributed by atoms with Gasteiger partial charge in [0.2, 0.25) is 5.91 Å². The summed E-state index contributed by atoms with van der Waals surface area (Å²) in [6.45, 7) is 8.09. The largest absolute Gasteiger partial charge is 0.483 e. The summed E-state index contributed by atoms with van der Waals surface area (Å²) in [5, 5.41) is 3.12. The molecule has 1 atom stereocenters. The van der Waals surface area contributed by atoms with Crippen LogP contribution < -0.4 is 10.1 Å². The average molecular weight is 423 g/mol. The van der Waals surface area contributed by atoms with Gasteiger partial charge in [0.25, 0.3) is 5.91 Å². The Kier molecular flexibility index (Phi) is 7.72. The molecule has 0 aromatic heterocycles. The summed E-state index contributed by atoms with van der Waals surface area (Å²) in [6, 6.07) is 13.6. The van der Waals surface area contributed by atoms with Crippen LogP contribution in [0.25, 0.3) is 0 Å². The molecule has 31 heavy (non-hydrogen) atoms. The van der Waals surface area contributed by atoms with Gasteiger partial charge in [-0.3, -0.25) is 9.59 Å². The van der Waals surface area contributed by atoms with Crippen LogP contribution >= 0.6 is 0 Å². The SMILES string of the molecule is Cc1ccc(CN(C(=O)COc2ccc(C)cc2C)C(C)C(=O)NC2CCCC2)cc1. The Bertz CT molecular complexity index is 901. The van der Waals surface area contributed by atoms with Gasteiger partial charge in [-0.1, -0.05) is 60.4 Å². The van der Waals surface area contributed by atoms with Crippen molar-refractivity contribution in [1.82, 2.24) is 10.2 Å². The summed E-state index contributed by atoms with van der Waals surface area (Å²) in [7, 11) is 0. The van der Waals surface area contributed by atoms with Gasteiger partial charge in [-0.25, -0.2) is 0 Å². The zero-order valence-corrected chi connectivity index (χ0v) is 19.1. The first-order valence-corrected chi connectivity index (χ1v) is 11.2. The molecule has 0 bridgehead atoms. The average Bonchev–Trinajstić information content (AvgIpc) is 3.25. The first-order valence-electron chi connectivity index (χ1n) is 11.2. The minimum Gasteiger partial charge on any atom is -0.483 e. The van der Waals surface area contributed by atoms with E-state index in [1.807, 2.05) is 63.2 Å². The number of hydrogen-bond donors (Lipinski definition) is 1. The van der Waals surface area contributed by atoms with Crippen LogP contribution in [0.1, 0.15) is 54.9 Å². The van der Waals surface area contributed by atoms with Gasteiger partial charge in [0.15, 0.2) is 6.61 Å². The number of nitrogens with zero attached hydrogens (tertiary/aromatic N) is 1. The van der Waals surface area contributed by atoms with E-state index in [4.69, 9.17) is 4.74 Å². The minimum absolute atomic E-state index is 0.0983. The second-order valence-corrected chi connectivity index (χ2v) is 8.73. The Morgan fingerprint density at radius 3 is 2.32 bits per heavy atom. The zero-order chi connectivity index (χ0) is 22.4. The molecule has 5 heteroatoms. The van der Waals surface area contributed by atoms with Crippen LogP contribution in [0, 0.1) is 20.8 Å². The van der Waals surface area contributed by atoms with Crippen LogP contribution in [0.15, 0.2) is 42.5 Å². The number of aryl methyl sites for hydroxylation is 3. The molecular weight excluding hydrogens is 388 g/mol. The zero-order valence-electron chi connectivity index (χ0n) is 19.1. The standard InChI is InChI=1S/C26H34N2O3/c1-18-9-12-22(13-10-18)16-28(21(4)26(30)27-23-7-5-6-8-23)25(29)17-31-24-14-11-19(2)15-20(24)3/h9-15,21,23H,5-8,16-17H2,1-4H3,(H,27,30). The lowest BCUT2D eigenvalue weighted by atomic mass is 10.1. The fourth-order valence-electron chi connectivity index (χ4n) is 4.05. The number of benzene rings is 2. The number of ether oxygens (including phenoxy) is 1. The van der Waals surface area contributed by atoms with E-state index < -0.39 is 6.04 Å². The molecule has 1 aliphatic rings. The highest BCUT2D eigenvalue weighted by molar-refractivity contribution is 5.88. The van der Waals surface area contributed by atoms with Crippen LogP contribution in [0.2, 0.25) is 0 Å². The maximum absolute atomic E-state index is 13.2. The second kappa shape index (κ2) is 10.5. The summed E-state index contributed by atoms with van der Waals surface area (Å²) in [5.41, 5.74) is 4.29. The molecule has 0 heterocycles. The van der Waals surface area contributed by atoms with Crippen molar-refractivity contribution in [3.8, 4) is 5.75 Å². The lowest BCUT2D eigenvalue weighted by molar-refractivity contribution is -0.142. The highest BCUT2D eigenvalue weighted by Crippen LogP contribution is 2.20. The van der Waals surface area contributed by atoms with Crippen molar-refractivity contribution in [2.24, 2.45) is 0 Å². The van der Waals surface area contributed by atoms with E-state index >= 15 is 0 Å². The molecule has 2 amide bonds. The van der Waals surface area contributed by atoms with E-state index in [0.29, 0.717) is 12.3 Å². The van der Waals surface area contributed by atoms with Crippen molar-refractivity contribution in [3.63, 3.8) is 0 Å². The van der Waals surface area contributed by atoms with Crippen LogP contribution in [-0.4, -0.2) is 35.4 Å². The van der Waals surface area contributed by atoms with Crippen LogP contribution in [0.5, 0.6) is 5.75 Å². The molecule has 2 aromatic rings. The molecule has 5 nitrogen and oxygen atoms in total. The number of carbonyl (C=O) groups is 2. The fourth-order valence-corrected chi connectivity index (χ4v) is 4.05. The van der Waals surface area contributed by atoms with Crippen LogP contribution in [0.4, 0.5) is 0 Å². The van der Waals surface area contributed by atoms with E-state index in [1.54, 1.807) is 11.8 Å². The van der Waals surface area contributed by atoms with Gasteiger partial charge in [0.05, 0.1) is 0 Å². The number of rotatable bonds is 8. The van der Waals surface area contributed by atoms with Crippen molar-refractivity contribution in [3.05, 3.63) is 64.7 Å². The lowest BCUT2D eigenvalue weighted by Crippen LogP contribution is -2.50. The van der Waals surface area contributed by atoms with Gasteiger partial charge in [-0.15, -0.1) is 0 Å². The first-order chi connectivity index (χ1) is 14.8. The predicted octanol–water partition coefficient (Wildman–Crippen LogP) is 4.47. The Balaban J connectivity index is 1.72. The van der Waals surface area contributed by atoms with E-state index in [2.05, 4.69) is 5.32 Å².